The molecular formula is C26H28N2O5S. The minimum Gasteiger partial charge on any atom is -0.485 e. The average molecular weight is 481 g/mol. The van der Waals surface area contributed by atoms with Crippen LogP contribution in [0.15, 0.2) is 54.7 Å². The van der Waals surface area contributed by atoms with Gasteiger partial charge in [-0.05, 0) is 61.4 Å². The SMILES string of the molecule is CC(C)CC(C)(NC(=O)c1cnc(Oc2ccc3c(c2)CC[C@@H](c2ccccc2)O3)s1)C(=O)O. The standard InChI is InChI=1S/C26H28N2O5S/c1-16(2)14-26(3,24(30)31)28-23(29)22-15-27-25(34-22)32-19-10-12-21-18(13-19)9-11-20(33-21)17-7-5-4-6-8-17/h4-8,10,12-13,15-16,20H,9,11,14H2,1-3H3,(H,28,29)(H,30,31)/t20-,26?/m0/s1. The molecule has 2 heterocycles. The van der Waals surface area contributed by atoms with Crippen LogP contribution in [0.3, 0.4) is 0 Å². The van der Waals surface area contributed by atoms with Crippen molar-refractivity contribution in [3.63, 3.8) is 0 Å². The molecule has 8 heteroatoms. The Bertz CT molecular complexity index is 1180. The fourth-order valence-electron chi connectivity index (χ4n) is 4.16. The zero-order valence-electron chi connectivity index (χ0n) is 19.4. The van der Waals surface area contributed by atoms with E-state index in [2.05, 4.69) is 22.4 Å². The molecular weight excluding hydrogens is 452 g/mol. The van der Waals surface area contributed by atoms with Crippen molar-refractivity contribution >= 4 is 23.2 Å². The van der Waals surface area contributed by atoms with Gasteiger partial charge in [0.25, 0.3) is 11.1 Å². The smallest absolute Gasteiger partial charge is 0.329 e. The number of carboxylic acids is 1. The van der Waals surface area contributed by atoms with Gasteiger partial charge in [-0.1, -0.05) is 55.5 Å². The maximum atomic E-state index is 12.7. The molecule has 3 aromatic rings. The number of thiazole rings is 1. The second-order valence-corrected chi connectivity index (χ2v) is 10.1. The van der Waals surface area contributed by atoms with E-state index in [1.807, 2.05) is 50.2 Å². The molecule has 0 aliphatic carbocycles. The van der Waals surface area contributed by atoms with Gasteiger partial charge in [-0.2, -0.15) is 0 Å². The number of aliphatic carboxylic acids is 1. The molecule has 178 valence electrons. The van der Waals surface area contributed by atoms with Crippen molar-refractivity contribution in [3.05, 3.63) is 70.7 Å². The molecule has 34 heavy (non-hydrogen) atoms. The summed E-state index contributed by atoms with van der Waals surface area (Å²) in [5, 5.41) is 12.5. The molecule has 0 saturated heterocycles. The second-order valence-electron chi connectivity index (χ2n) is 9.11. The van der Waals surface area contributed by atoms with Gasteiger partial charge in [0.15, 0.2) is 0 Å². The van der Waals surface area contributed by atoms with Crippen LogP contribution in [0.1, 0.15) is 60.5 Å². The Balaban J connectivity index is 1.42. The molecule has 0 fully saturated rings. The molecule has 1 aromatic heterocycles. The Morgan fingerprint density at radius 2 is 2.03 bits per heavy atom. The van der Waals surface area contributed by atoms with E-state index in [1.165, 1.54) is 13.1 Å². The molecule has 0 radical (unpaired) electrons. The molecule has 1 aliphatic rings. The number of nitrogens with one attached hydrogen (secondary N) is 1. The summed E-state index contributed by atoms with van der Waals surface area (Å²) in [6.45, 7) is 5.35. The summed E-state index contributed by atoms with van der Waals surface area (Å²) in [5.41, 5.74) is 0.867. The molecule has 2 aromatic carbocycles. The van der Waals surface area contributed by atoms with E-state index in [4.69, 9.17) is 9.47 Å². The summed E-state index contributed by atoms with van der Waals surface area (Å²) in [4.78, 5) is 28.9. The molecule has 2 N–H and O–H groups in total. The van der Waals surface area contributed by atoms with E-state index >= 15 is 0 Å². The molecule has 0 spiro atoms. The third-order valence-corrected chi connectivity index (χ3v) is 6.61. The molecule has 0 bridgehead atoms. The summed E-state index contributed by atoms with van der Waals surface area (Å²) in [7, 11) is 0. The number of rotatable bonds is 8. The van der Waals surface area contributed by atoms with Crippen molar-refractivity contribution in [1.82, 2.24) is 10.3 Å². The number of nitrogens with zero attached hydrogens (tertiary/aromatic N) is 1. The Kier molecular flexibility index (Phi) is 6.88. The quantitative estimate of drug-likeness (QED) is 0.434. The third-order valence-electron chi connectivity index (χ3n) is 5.74. The first-order chi connectivity index (χ1) is 16.2. The number of carbonyl (C=O) groups is 2. The van der Waals surface area contributed by atoms with Crippen molar-refractivity contribution in [3.8, 4) is 16.7 Å². The molecule has 0 saturated carbocycles. The first-order valence-corrected chi connectivity index (χ1v) is 12.1. The third kappa shape index (κ3) is 5.39. The predicted molar refractivity (Wildman–Crippen MR) is 130 cm³/mol. The van der Waals surface area contributed by atoms with Gasteiger partial charge in [-0.15, -0.1) is 0 Å². The Morgan fingerprint density at radius 1 is 1.26 bits per heavy atom. The van der Waals surface area contributed by atoms with Crippen LogP contribution < -0.4 is 14.8 Å². The number of aryl methyl sites for hydroxylation is 1. The molecule has 1 amide bonds. The number of fused-ring (bicyclic) bond motifs is 1. The summed E-state index contributed by atoms with van der Waals surface area (Å²) >= 11 is 1.07. The molecule has 1 unspecified atom stereocenters. The van der Waals surface area contributed by atoms with Crippen LogP contribution in [0.25, 0.3) is 0 Å². The number of ether oxygens (including phenoxy) is 2. The number of aromatic nitrogens is 1. The van der Waals surface area contributed by atoms with Gasteiger partial charge < -0.3 is 19.9 Å². The van der Waals surface area contributed by atoms with E-state index in [0.717, 1.165) is 41.1 Å². The lowest BCUT2D eigenvalue weighted by Gasteiger charge is -2.27. The van der Waals surface area contributed by atoms with Crippen LogP contribution in [-0.2, 0) is 11.2 Å². The monoisotopic (exact) mass is 480 g/mol. The minimum atomic E-state index is -1.35. The van der Waals surface area contributed by atoms with Crippen molar-refractivity contribution in [2.45, 2.75) is 51.7 Å². The fraction of sp³-hybridized carbons (Fsp3) is 0.346. The lowest BCUT2D eigenvalue weighted by atomic mass is 9.90. The topological polar surface area (TPSA) is 97.8 Å². The van der Waals surface area contributed by atoms with E-state index < -0.39 is 17.4 Å². The highest BCUT2D eigenvalue weighted by molar-refractivity contribution is 7.15. The van der Waals surface area contributed by atoms with Crippen molar-refractivity contribution in [1.29, 1.82) is 0 Å². The fourth-order valence-corrected chi connectivity index (χ4v) is 4.84. The summed E-state index contributed by atoms with van der Waals surface area (Å²) < 4.78 is 12.1. The number of hydrogen-bond acceptors (Lipinski definition) is 6. The second kappa shape index (κ2) is 9.85. The van der Waals surface area contributed by atoms with Crippen LogP contribution in [0.5, 0.6) is 16.7 Å². The van der Waals surface area contributed by atoms with E-state index in [-0.39, 0.29) is 12.0 Å². The summed E-state index contributed by atoms with van der Waals surface area (Å²) in [6.07, 6.45) is 3.49. The van der Waals surface area contributed by atoms with Gasteiger partial charge >= 0.3 is 5.97 Å². The number of carboxylic acid groups (broad SMARTS) is 1. The zero-order chi connectivity index (χ0) is 24.3. The van der Waals surface area contributed by atoms with Crippen molar-refractivity contribution in [2.75, 3.05) is 0 Å². The highest BCUT2D eigenvalue weighted by Crippen LogP contribution is 2.38. The number of hydrogen-bond donors (Lipinski definition) is 2. The number of carbonyl (C=O) groups excluding carboxylic acids is 1. The van der Waals surface area contributed by atoms with Gasteiger partial charge in [-0.3, -0.25) is 4.79 Å². The first kappa shape index (κ1) is 23.8. The van der Waals surface area contributed by atoms with Crippen LogP contribution in [-0.4, -0.2) is 27.5 Å². The Morgan fingerprint density at radius 3 is 2.74 bits per heavy atom. The van der Waals surface area contributed by atoms with Crippen LogP contribution in [0.4, 0.5) is 0 Å². The van der Waals surface area contributed by atoms with Crippen LogP contribution in [0, 0.1) is 5.92 Å². The van der Waals surface area contributed by atoms with Gasteiger partial charge in [0.1, 0.15) is 28.0 Å². The Labute approximate surface area is 202 Å². The largest absolute Gasteiger partial charge is 0.485 e. The van der Waals surface area contributed by atoms with Gasteiger partial charge in [0.2, 0.25) is 0 Å². The normalized spacial score (nSPS) is 16.8. The minimum absolute atomic E-state index is 0.0349. The lowest BCUT2D eigenvalue weighted by molar-refractivity contribution is -0.144. The lowest BCUT2D eigenvalue weighted by Crippen LogP contribution is -2.52. The van der Waals surface area contributed by atoms with E-state index in [0.29, 0.717) is 22.2 Å². The average Bonchev–Trinajstić information content (AvgIpc) is 3.27. The van der Waals surface area contributed by atoms with Crippen molar-refractivity contribution < 1.29 is 24.2 Å². The molecule has 7 nitrogen and oxygen atoms in total. The predicted octanol–water partition coefficient (Wildman–Crippen LogP) is 5.62. The number of benzene rings is 2. The van der Waals surface area contributed by atoms with Crippen molar-refractivity contribution in [2.24, 2.45) is 5.92 Å². The molecule has 2 atom stereocenters. The van der Waals surface area contributed by atoms with E-state index in [9.17, 15) is 14.7 Å². The van der Waals surface area contributed by atoms with Gasteiger partial charge in [0, 0.05) is 0 Å². The first-order valence-electron chi connectivity index (χ1n) is 11.3. The maximum Gasteiger partial charge on any atom is 0.329 e. The zero-order valence-corrected chi connectivity index (χ0v) is 20.2. The van der Waals surface area contributed by atoms with Gasteiger partial charge in [0.05, 0.1) is 6.20 Å². The highest BCUT2D eigenvalue weighted by atomic mass is 32.1. The number of amides is 1. The molecule has 4 rings (SSSR count). The van der Waals surface area contributed by atoms with Gasteiger partial charge in [-0.25, -0.2) is 9.78 Å². The van der Waals surface area contributed by atoms with Crippen LogP contribution >= 0.6 is 11.3 Å². The highest BCUT2D eigenvalue weighted by Gasteiger charge is 2.36. The summed E-state index contributed by atoms with van der Waals surface area (Å²) in [6, 6.07) is 15.8. The van der Waals surface area contributed by atoms with E-state index in [1.54, 1.807) is 0 Å². The molecule has 1 aliphatic heterocycles. The summed E-state index contributed by atoms with van der Waals surface area (Å²) in [5.74, 6) is 0.00417. The van der Waals surface area contributed by atoms with Crippen LogP contribution in [0.2, 0.25) is 0 Å². The maximum absolute atomic E-state index is 12.7. The Hall–Kier alpha value is -3.39.